The summed E-state index contributed by atoms with van der Waals surface area (Å²) in [6.07, 6.45) is 0.702. The Balaban J connectivity index is 1.97. The van der Waals surface area contributed by atoms with Gasteiger partial charge < -0.3 is 0 Å². The van der Waals surface area contributed by atoms with Crippen LogP contribution in [0.2, 0.25) is 5.02 Å². The fraction of sp³-hybridized carbons (Fsp3) is 0.188. The number of rotatable bonds is 4. The second-order valence-electron chi connectivity index (χ2n) is 5.13. The minimum atomic E-state index is -0.194. The van der Waals surface area contributed by atoms with E-state index in [1.54, 1.807) is 31.3 Å². The fourth-order valence-electron chi connectivity index (χ4n) is 2.25. The maximum Gasteiger partial charge on any atom is 0.259 e. The lowest BCUT2D eigenvalue weighted by Gasteiger charge is -2.13. The lowest BCUT2D eigenvalue weighted by Crippen LogP contribution is -2.26. The summed E-state index contributed by atoms with van der Waals surface area (Å²) in [6, 6.07) is 8.66. The van der Waals surface area contributed by atoms with Crippen LogP contribution in [0.15, 0.2) is 24.3 Å². The second kappa shape index (κ2) is 7.01. The SMILES string of the molecule is CCc1sc(N(C)C(=O)c2ccc(Cl)cc2)nc1-c1n[nH]nc1C#N. The van der Waals surface area contributed by atoms with E-state index in [0.29, 0.717) is 33.5 Å². The smallest absolute Gasteiger partial charge is 0.259 e. The molecule has 0 bridgehead atoms. The highest BCUT2D eigenvalue weighted by atomic mass is 35.5. The van der Waals surface area contributed by atoms with Gasteiger partial charge in [-0.15, -0.1) is 16.4 Å². The molecule has 0 saturated carbocycles. The number of nitrogens with one attached hydrogen (secondary N) is 1. The molecule has 1 amide bonds. The van der Waals surface area contributed by atoms with E-state index in [2.05, 4.69) is 20.4 Å². The highest BCUT2D eigenvalue weighted by Gasteiger charge is 2.23. The Morgan fingerprint density at radius 1 is 1.32 bits per heavy atom. The molecule has 7 nitrogen and oxygen atoms in total. The minimum absolute atomic E-state index is 0.179. The average molecular weight is 373 g/mol. The topological polar surface area (TPSA) is 98.6 Å². The number of hydrogen-bond donors (Lipinski definition) is 1. The number of amides is 1. The highest BCUT2D eigenvalue weighted by molar-refractivity contribution is 7.16. The number of benzene rings is 1. The molecule has 0 fully saturated rings. The molecule has 1 N–H and O–H groups in total. The fourth-order valence-corrected chi connectivity index (χ4v) is 3.34. The molecule has 0 atom stereocenters. The first-order chi connectivity index (χ1) is 12.0. The zero-order chi connectivity index (χ0) is 18.0. The molecule has 0 spiro atoms. The molecule has 0 aliphatic heterocycles. The van der Waals surface area contributed by atoms with Crippen LogP contribution in [0.1, 0.15) is 27.9 Å². The van der Waals surface area contributed by atoms with Gasteiger partial charge in [-0.3, -0.25) is 9.69 Å². The summed E-state index contributed by atoms with van der Waals surface area (Å²) in [6.45, 7) is 1.98. The van der Waals surface area contributed by atoms with Crippen molar-refractivity contribution in [3.05, 3.63) is 45.4 Å². The number of carbonyl (C=O) groups is 1. The molecule has 0 aliphatic rings. The first-order valence-electron chi connectivity index (χ1n) is 7.39. The molecule has 3 aromatic rings. The van der Waals surface area contributed by atoms with Gasteiger partial charge in [-0.2, -0.15) is 15.6 Å². The summed E-state index contributed by atoms with van der Waals surface area (Å²) < 4.78 is 0. The third-order valence-electron chi connectivity index (χ3n) is 3.57. The molecule has 126 valence electrons. The van der Waals surface area contributed by atoms with Crippen LogP contribution in [0.5, 0.6) is 0 Å². The number of hydrogen-bond acceptors (Lipinski definition) is 6. The molecule has 0 unspecified atom stereocenters. The predicted octanol–water partition coefficient (Wildman–Crippen LogP) is 3.29. The lowest BCUT2D eigenvalue weighted by molar-refractivity contribution is 0.0993. The van der Waals surface area contributed by atoms with E-state index in [1.807, 2.05) is 13.0 Å². The van der Waals surface area contributed by atoms with E-state index in [9.17, 15) is 4.79 Å². The first-order valence-corrected chi connectivity index (χ1v) is 8.59. The minimum Gasteiger partial charge on any atom is -0.287 e. The molecule has 2 heterocycles. The molecule has 25 heavy (non-hydrogen) atoms. The van der Waals surface area contributed by atoms with Crippen molar-refractivity contribution in [2.45, 2.75) is 13.3 Å². The molecule has 1 aromatic carbocycles. The largest absolute Gasteiger partial charge is 0.287 e. The number of H-pyrrole nitrogens is 1. The van der Waals surface area contributed by atoms with Crippen LogP contribution in [0, 0.1) is 11.3 Å². The maximum absolute atomic E-state index is 12.6. The molecule has 0 aliphatic carbocycles. The molecular formula is C16H13ClN6OS. The van der Waals surface area contributed by atoms with Crippen LogP contribution in [0.3, 0.4) is 0 Å². The third-order valence-corrected chi connectivity index (χ3v) is 5.10. The molecule has 2 aromatic heterocycles. The Kier molecular flexibility index (Phi) is 4.79. The Bertz CT molecular complexity index is 956. The number of aromatic nitrogens is 4. The van der Waals surface area contributed by atoms with Gasteiger partial charge in [-0.25, -0.2) is 4.98 Å². The number of nitriles is 1. The van der Waals surface area contributed by atoms with Crippen molar-refractivity contribution < 1.29 is 4.79 Å². The Morgan fingerprint density at radius 3 is 2.68 bits per heavy atom. The summed E-state index contributed by atoms with van der Waals surface area (Å²) in [5.74, 6) is -0.194. The first kappa shape index (κ1) is 17.1. The molecule has 3 rings (SSSR count). The number of anilines is 1. The van der Waals surface area contributed by atoms with Gasteiger partial charge in [0.25, 0.3) is 5.91 Å². The van der Waals surface area contributed by atoms with Crippen LogP contribution in [-0.4, -0.2) is 33.3 Å². The molecular weight excluding hydrogens is 360 g/mol. The maximum atomic E-state index is 12.6. The van der Waals surface area contributed by atoms with Gasteiger partial charge >= 0.3 is 0 Å². The van der Waals surface area contributed by atoms with E-state index >= 15 is 0 Å². The van der Waals surface area contributed by atoms with Crippen molar-refractivity contribution in [3.8, 4) is 17.5 Å². The van der Waals surface area contributed by atoms with E-state index in [0.717, 1.165) is 4.88 Å². The monoisotopic (exact) mass is 372 g/mol. The average Bonchev–Trinajstić information content (AvgIpc) is 3.26. The predicted molar refractivity (Wildman–Crippen MR) is 95.8 cm³/mol. The Hall–Kier alpha value is -2.76. The van der Waals surface area contributed by atoms with E-state index in [-0.39, 0.29) is 11.6 Å². The van der Waals surface area contributed by atoms with Crippen LogP contribution in [0.25, 0.3) is 11.4 Å². The summed E-state index contributed by atoms with van der Waals surface area (Å²) in [5.41, 5.74) is 1.66. The number of halogens is 1. The number of nitrogens with zero attached hydrogens (tertiary/aromatic N) is 5. The van der Waals surface area contributed by atoms with Gasteiger partial charge in [0, 0.05) is 22.5 Å². The number of aromatic amines is 1. The second-order valence-corrected chi connectivity index (χ2v) is 6.62. The standard InChI is InChI=1S/C16H13ClN6OS/c1-3-12-14(13-11(8-18)20-22-21-13)19-16(25-12)23(2)15(24)9-4-6-10(17)7-5-9/h4-7H,3H2,1-2H3,(H,20,21,22). The van der Waals surface area contributed by atoms with Crippen molar-refractivity contribution in [1.82, 2.24) is 20.4 Å². The Morgan fingerprint density at radius 2 is 2.04 bits per heavy atom. The van der Waals surface area contributed by atoms with Crippen molar-refractivity contribution in [2.75, 3.05) is 11.9 Å². The zero-order valence-corrected chi connectivity index (χ0v) is 15.0. The summed E-state index contributed by atoms with van der Waals surface area (Å²) >= 11 is 7.25. The highest BCUT2D eigenvalue weighted by Crippen LogP contribution is 2.33. The van der Waals surface area contributed by atoms with Crippen LogP contribution in [0.4, 0.5) is 5.13 Å². The van der Waals surface area contributed by atoms with E-state index < -0.39 is 0 Å². The summed E-state index contributed by atoms with van der Waals surface area (Å²) in [7, 11) is 1.66. The third kappa shape index (κ3) is 3.24. The molecule has 0 saturated heterocycles. The van der Waals surface area contributed by atoms with Gasteiger partial charge in [-0.05, 0) is 30.7 Å². The van der Waals surface area contributed by atoms with Crippen molar-refractivity contribution in [3.63, 3.8) is 0 Å². The van der Waals surface area contributed by atoms with Crippen molar-refractivity contribution >= 4 is 34.0 Å². The summed E-state index contributed by atoms with van der Waals surface area (Å²) in [5, 5.41) is 20.5. The molecule has 0 radical (unpaired) electrons. The number of aryl methyl sites for hydroxylation is 1. The Labute approximate surface area is 152 Å². The molecule has 9 heteroatoms. The van der Waals surface area contributed by atoms with Crippen LogP contribution >= 0.6 is 22.9 Å². The zero-order valence-electron chi connectivity index (χ0n) is 13.4. The van der Waals surface area contributed by atoms with Crippen LogP contribution < -0.4 is 4.90 Å². The van der Waals surface area contributed by atoms with Gasteiger partial charge in [0.2, 0.25) is 0 Å². The quantitative estimate of drug-likeness (QED) is 0.757. The van der Waals surface area contributed by atoms with Crippen molar-refractivity contribution in [1.29, 1.82) is 5.26 Å². The van der Waals surface area contributed by atoms with Crippen molar-refractivity contribution in [2.24, 2.45) is 0 Å². The summed E-state index contributed by atoms with van der Waals surface area (Å²) in [4.78, 5) is 19.6. The number of carbonyl (C=O) groups excluding carboxylic acids is 1. The van der Waals surface area contributed by atoms with Gasteiger partial charge in [-0.1, -0.05) is 18.5 Å². The van der Waals surface area contributed by atoms with E-state index in [4.69, 9.17) is 16.9 Å². The lowest BCUT2D eigenvalue weighted by atomic mass is 10.2. The van der Waals surface area contributed by atoms with Gasteiger partial charge in [0.1, 0.15) is 11.8 Å². The van der Waals surface area contributed by atoms with Gasteiger partial charge in [0.05, 0.1) is 0 Å². The number of thiazole rings is 1. The van der Waals surface area contributed by atoms with E-state index in [1.165, 1.54) is 16.2 Å². The van der Waals surface area contributed by atoms with Crippen LogP contribution in [-0.2, 0) is 6.42 Å². The van der Waals surface area contributed by atoms with Gasteiger partial charge in [0.15, 0.2) is 16.5 Å². The normalized spacial score (nSPS) is 10.5.